The summed E-state index contributed by atoms with van der Waals surface area (Å²) >= 11 is 11.9. The van der Waals surface area contributed by atoms with E-state index in [1.807, 2.05) is 48.7 Å². The van der Waals surface area contributed by atoms with Gasteiger partial charge in [0.2, 0.25) is 0 Å². The Morgan fingerprint density at radius 1 is 1.19 bits per heavy atom. The Kier molecular flexibility index (Phi) is 3.47. The number of hydrogen-bond donors (Lipinski definition) is 0. The van der Waals surface area contributed by atoms with Gasteiger partial charge in [-0.25, -0.2) is 0 Å². The first-order valence-corrected chi connectivity index (χ1v) is 5.78. The molecule has 2 rings (SSSR count). The lowest BCUT2D eigenvalue weighted by molar-refractivity contribution is 0.943. The molecule has 0 atom stereocenters. The maximum absolute atomic E-state index is 5.94. The average Bonchev–Trinajstić information content (AvgIpc) is 2.29. The second-order valence-electron chi connectivity index (χ2n) is 3.60. The Balaban J connectivity index is 2.05. The molecule has 82 valence electrons. The van der Waals surface area contributed by atoms with Crippen LogP contribution in [0.1, 0.15) is 12.0 Å². The lowest BCUT2D eigenvalue weighted by Crippen LogP contribution is -2.09. The molecule has 0 saturated heterocycles. The van der Waals surface area contributed by atoms with Crippen LogP contribution in [-0.4, -0.2) is 10.5 Å². The number of rotatable bonds is 2. The molecule has 1 aromatic rings. The number of hydrogen-bond acceptors (Lipinski definition) is 1. The van der Waals surface area contributed by atoms with E-state index in [9.17, 15) is 0 Å². The zero-order valence-electron chi connectivity index (χ0n) is 8.61. The van der Waals surface area contributed by atoms with Crippen LogP contribution in [0.15, 0.2) is 59.2 Å². The van der Waals surface area contributed by atoms with E-state index in [0.29, 0.717) is 6.42 Å². The van der Waals surface area contributed by atoms with Crippen LogP contribution in [0, 0.1) is 0 Å². The number of aliphatic imine (C=N–C) groups is 1. The summed E-state index contributed by atoms with van der Waals surface area (Å²) in [5.41, 5.74) is 1.96. The van der Waals surface area contributed by atoms with Crippen molar-refractivity contribution in [3.8, 4) is 0 Å². The summed E-state index contributed by atoms with van der Waals surface area (Å²) in [5, 5.41) is 0. The van der Waals surface area contributed by atoms with Gasteiger partial charge in [-0.1, -0.05) is 59.6 Å². The van der Waals surface area contributed by atoms with Gasteiger partial charge in [0.25, 0.3) is 0 Å². The molecule has 0 bridgehead atoms. The van der Waals surface area contributed by atoms with Crippen molar-refractivity contribution >= 4 is 29.4 Å². The lowest BCUT2D eigenvalue weighted by Gasteiger charge is -2.15. The highest BCUT2D eigenvalue weighted by molar-refractivity contribution is 6.50. The minimum absolute atomic E-state index is 0.591. The maximum Gasteiger partial charge on any atom is 0.140 e. The van der Waals surface area contributed by atoms with Crippen molar-refractivity contribution in [2.75, 3.05) is 0 Å². The molecule has 0 aromatic heterocycles. The van der Waals surface area contributed by atoms with Gasteiger partial charge in [0.1, 0.15) is 4.33 Å². The molecule has 0 saturated carbocycles. The SMILES string of the molecule is ClC1(Cl)C=CC(N=Cc2ccccc2)=CC1. The summed E-state index contributed by atoms with van der Waals surface area (Å²) in [6.45, 7) is 0. The van der Waals surface area contributed by atoms with Crippen LogP contribution in [-0.2, 0) is 0 Å². The van der Waals surface area contributed by atoms with Gasteiger partial charge in [0.15, 0.2) is 0 Å². The van der Waals surface area contributed by atoms with Crippen molar-refractivity contribution in [1.29, 1.82) is 0 Å². The molecule has 0 radical (unpaired) electrons. The highest BCUT2D eigenvalue weighted by atomic mass is 35.5. The maximum atomic E-state index is 5.94. The summed E-state index contributed by atoms with van der Waals surface area (Å²) < 4.78 is -0.772. The van der Waals surface area contributed by atoms with E-state index in [4.69, 9.17) is 23.2 Å². The smallest absolute Gasteiger partial charge is 0.140 e. The number of halogens is 2. The monoisotopic (exact) mass is 251 g/mol. The van der Waals surface area contributed by atoms with E-state index in [1.54, 1.807) is 6.08 Å². The second kappa shape index (κ2) is 4.86. The van der Waals surface area contributed by atoms with E-state index in [1.165, 1.54) is 0 Å². The molecule has 0 N–H and O–H groups in total. The van der Waals surface area contributed by atoms with Crippen LogP contribution < -0.4 is 0 Å². The Morgan fingerprint density at radius 2 is 1.94 bits per heavy atom. The fourth-order valence-corrected chi connectivity index (χ4v) is 1.65. The minimum Gasteiger partial charge on any atom is -0.257 e. The number of nitrogens with zero attached hydrogens (tertiary/aromatic N) is 1. The van der Waals surface area contributed by atoms with Crippen LogP contribution >= 0.6 is 23.2 Å². The molecule has 1 aliphatic rings. The van der Waals surface area contributed by atoms with Crippen LogP contribution in [0.25, 0.3) is 0 Å². The summed E-state index contributed by atoms with van der Waals surface area (Å²) in [7, 11) is 0. The lowest BCUT2D eigenvalue weighted by atomic mass is 10.1. The van der Waals surface area contributed by atoms with Crippen molar-refractivity contribution < 1.29 is 0 Å². The van der Waals surface area contributed by atoms with E-state index >= 15 is 0 Å². The Bertz CT molecular complexity index is 444. The molecule has 0 fully saturated rings. The molecule has 0 aliphatic heterocycles. The molecule has 0 unspecified atom stereocenters. The third-order valence-corrected chi connectivity index (χ3v) is 2.80. The molecular formula is C13H11Cl2N. The van der Waals surface area contributed by atoms with Crippen LogP contribution in [0.5, 0.6) is 0 Å². The van der Waals surface area contributed by atoms with Crippen molar-refractivity contribution in [2.24, 2.45) is 4.99 Å². The Morgan fingerprint density at radius 3 is 2.56 bits per heavy atom. The highest BCUT2D eigenvalue weighted by Crippen LogP contribution is 2.31. The van der Waals surface area contributed by atoms with Gasteiger partial charge in [0, 0.05) is 12.6 Å². The molecule has 3 heteroatoms. The van der Waals surface area contributed by atoms with Crippen LogP contribution in [0.3, 0.4) is 0 Å². The first-order chi connectivity index (χ1) is 7.66. The zero-order valence-corrected chi connectivity index (χ0v) is 10.1. The summed E-state index contributed by atoms with van der Waals surface area (Å²) in [5.74, 6) is 0. The van der Waals surface area contributed by atoms with Crippen LogP contribution in [0.4, 0.5) is 0 Å². The first-order valence-electron chi connectivity index (χ1n) is 5.02. The summed E-state index contributed by atoms with van der Waals surface area (Å²) in [4.78, 5) is 4.35. The molecule has 1 nitrogen and oxygen atoms in total. The number of alkyl halides is 2. The highest BCUT2D eigenvalue weighted by Gasteiger charge is 2.21. The van der Waals surface area contributed by atoms with Crippen molar-refractivity contribution in [2.45, 2.75) is 10.8 Å². The van der Waals surface area contributed by atoms with Crippen LogP contribution in [0.2, 0.25) is 0 Å². The molecule has 0 amide bonds. The van der Waals surface area contributed by atoms with Crippen molar-refractivity contribution in [3.63, 3.8) is 0 Å². The Labute approximate surface area is 105 Å². The van der Waals surface area contributed by atoms with Crippen molar-refractivity contribution in [1.82, 2.24) is 0 Å². The van der Waals surface area contributed by atoms with Gasteiger partial charge in [-0.2, -0.15) is 0 Å². The minimum atomic E-state index is -0.772. The molecule has 0 spiro atoms. The van der Waals surface area contributed by atoms with Gasteiger partial charge < -0.3 is 0 Å². The summed E-state index contributed by atoms with van der Waals surface area (Å²) in [6, 6.07) is 9.95. The van der Waals surface area contributed by atoms with Gasteiger partial charge >= 0.3 is 0 Å². The quantitative estimate of drug-likeness (QED) is 0.554. The second-order valence-corrected chi connectivity index (χ2v) is 5.14. The van der Waals surface area contributed by atoms with E-state index in [2.05, 4.69) is 4.99 Å². The number of allylic oxidation sites excluding steroid dienone is 3. The molecule has 1 aromatic carbocycles. The molecule has 16 heavy (non-hydrogen) atoms. The number of benzene rings is 1. The molecule has 1 aliphatic carbocycles. The van der Waals surface area contributed by atoms with Gasteiger partial charge in [-0.3, -0.25) is 4.99 Å². The third-order valence-electron chi connectivity index (χ3n) is 2.24. The predicted octanol–water partition coefficient (Wildman–Crippen LogP) is 4.12. The first kappa shape index (κ1) is 11.4. The van der Waals surface area contributed by atoms with Gasteiger partial charge in [-0.05, 0) is 17.7 Å². The van der Waals surface area contributed by atoms with E-state index in [0.717, 1.165) is 11.3 Å². The summed E-state index contributed by atoms with van der Waals surface area (Å²) in [6.07, 6.45) is 7.94. The largest absolute Gasteiger partial charge is 0.257 e. The van der Waals surface area contributed by atoms with E-state index < -0.39 is 4.33 Å². The normalized spacial score (nSPS) is 18.8. The Hall–Kier alpha value is -1.05. The van der Waals surface area contributed by atoms with Crippen molar-refractivity contribution in [3.05, 3.63) is 59.8 Å². The standard InChI is InChI=1S/C13H11Cl2N/c14-13(15)8-6-12(7-9-13)16-10-11-4-2-1-3-5-11/h1-8,10H,9H2. The molecule has 0 heterocycles. The van der Waals surface area contributed by atoms with E-state index in [-0.39, 0.29) is 0 Å². The van der Waals surface area contributed by atoms with Gasteiger partial charge in [-0.15, -0.1) is 0 Å². The topological polar surface area (TPSA) is 12.4 Å². The fraction of sp³-hybridized carbons (Fsp3) is 0.154. The predicted molar refractivity (Wildman–Crippen MR) is 70.3 cm³/mol. The average molecular weight is 252 g/mol. The van der Waals surface area contributed by atoms with Gasteiger partial charge in [0.05, 0.1) is 5.70 Å². The molecular weight excluding hydrogens is 241 g/mol. The zero-order chi connectivity index (χ0) is 11.4. The third kappa shape index (κ3) is 3.22. The fourth-order valence-electron chi connectivity index (χ4n) is 1.37.